The van der Waals surface area contributed by atoms with Crippen LogP contribution in [0.15, 0.2) is 23.1 Å². The van der Waals surface area contributed by atoms with E-state index in [-0.39, 0.29) is 5.75 Å². The van der Waals surface area contributed by atoms with Gasteiger partial charge in [-0.05, 0) is 12.1 Å². The van der Waals surface area contributed by atoms with Gasteiger partial charge >= 0.3 is 12.7 Å². The van der Waals surface area contributed by atoms with Crippen molar-refractivity contribution in [1.29, 1.82) is 0 Å². The van der Waals surface area contributed by atoms with Crippen molar-refractivity contribution in [1.82, 2.24) is 0 Å². The molecule has 1 heterocycles. The minimum absolute atomic E-state index is 0.0347. The Morgan fingerprint density at radius 2 is 2.29 bits per heavy atom. The first kappa shape index (κ1) is 12.0. The lowest BCUT2D eigenvalue weighted by atomic mass is 10.2. The third-order valence-electron chi connectivity index (χ3n) is 2.25. The summed E-state index contributed by atoms with van der Waals surface area (Å²) in [6.45, 7) is -2.58. The fraction of sp³-hybridized carbons (Fsp3) is 0.300. The normalized spacial score (nSPS) is 14.6. The zero-order chi connectivity index (χ0) is 12.4. The first-order valence-corrected chi connectivity index (χ1v) is 5.78. The second kappa shape index (κ2) is 4.79. The molecule has 1 aliphatic heterocycles. The third kappa shape index (κ3) is 2.60. The maximum atomic E-state index is 12.1. The minimum Gasteiger partial charge on any atom is -0.465 e. The van der Waals surface area contributed by atoms with Crippen molar-refractivity contribution in [2.24, 2.45) is 0 Å². The molecule has 0 unspecified atom stereocenters. The van der Waals surface area contributed by atoms with Gasteiger partial charge in [-0.15, -0.1) is 11.8 Å². The molecule has 1 amide bonds. The minimum atomic E-state index is -2.91. The third-order valence-corrected chi connectivity index (χ3v) is 3.29. The fourth-order valence-electron chi connectivity index (χ4n) is 1.57. The Labute approximate surface area is 100 Å². The van der Waals surface area contributed by atoms with E-state index >= 15 is 0 Å². The van der Waals surface area contributed by atoms with Crippen molar-refractivity contribution in [3.05, 3.63) is 18.2 Å². The van der Waals surface area contributed by atoms with Crippen LogP contribution < -0.4 is 9.64 Å². The van der Waals surface area contributed by atoms with Gasteiger partial charge in [0, 0.05) is 23.3 Å². The molecule has 0 atom stereocenters. The number of halogens is 2. The van der Waals surface area contributed by atoms with Crippen LogP contribution in [0.5, 0.6) is 5.75 Å². The molecule has 17 heavy (non-hydrogen) atoms. The van der Waals surface area contributed by atoms with Crippen LogP contribution in [-0.2, 0) is 0 Å². The zero-order valence-electron chi connectivity index (χ0n) is 8.60. The molecule has 92 valence electrons. The largest absolute Gasteiger partial charge is 0.465 e. The van der Waals surface area contributed by atoms with Crippen LogP contribution in [0, 0.1) is 0 Å². The standard InChI is InChI=1S/C10H9F2NO3S/c11-9(12)16-6-1-2-8-7(5-6)13(10(14)15)3-4-17-8/h1-2,5,9H,3-4H2,(H,14,15). The van der Waals surface area contributed by atoms with Crippen molar-refractivity contribution >= 4 is 23.5 Å². The van der Waals surface area contributed by atoms with E-state index < -0.39 is 12.7 Å². The van der Waals surface area contributed by atoms with E-state index in [2.05, 4.69) is 4.74 Å². The highest BCUT2D eigenvalue weighted by molar-refractivity contribution is 7.99. The molecule has 0 bridgehead atoms. The maximum Gasteiger partial charge on any atom is 0.411 e. The van der Waals surface area contributed by atoms with Crippen LogP contribution in [-0.4, -0.2) is 30.1 Å². The van der Waals surface area contributed by atoms with Crippen LogP contribution in [0.2, 0.25) is 0 Å². The summed E-state index contributed by atoms with van der Waals surface area (Å²) in [6.07, 6.45) is -1.10. The van der Waals surface area contributed by atoms with Crippen molar-refractivity contribution in [2.75, 3.05) is 17.2 Å². The van der Waals surface area contributed by atoms with Crippen LogP contribution in [0.1, 0.15) is 0 Å². The Hall–Kier alpha value is -1.50. The predicted octanol–water partition coefficient (Wildman–Crippen LogP) is 2.88. The lowest BCUT2D eigenvalue weighted by Crippen LogP contribution is -2.34. The molecule has 7 heteroatoms. The van der Waals surface area contributed by atoms with Gasteiger partial charge < -0.3 is 9.84 Å². The quantitative estimate of drug-likeness (QED) is 0.889. The lowest BCUT2D eigenvalue weighted by Gasteiger charge is -2.26. The monoisotopic (exact) mass is 261 g/mol. The molecule has 0 aliphatic carbocycles. The molecule has 0 saturated heterocycles. The van der Waals surface area contributed by atoms with Crippen LogP contribution >= 0.6 is 11.8 Å². The highest BCUT2D eigenvalue weighted by Gasteiger charge is 2.23. The summed E-state index contributed by atoms with van der Waals surface area (Å²) in [4.78, 5) is 12.9. The molecular weight excluding hydrogens is 252 g/mol. The number of fused-ring (bicyclic) bond motifs is 1. The van der Waals surface area contributed by atoms with Crippen LogP contribution in [0.25, 0.3) is 0 Å². The van der Waals surface area contributed by atoms with Gasteiger partial charge in [0.05, 0.1) is 5.69 Å². The molecular formula is C10H9F2NO3S. The molecule has 4 nitrogen and oxygen atoms in total. The Morgan fingerprint density at radius 1 is 1.53 bits per heavy atom. The van der Waals surface area contributed by atoms with Crippen molar-refractivity contribution in [2.45, 2.75) is 11.5 Å². The van der Waals surface area contributed by atoms with Crippen molar-refractivity contribution in [3.63, 3.8) is 0 Å². The topological polar surface area (TPSA) is 49.8 Å². The summed E-state index contributed by atoms with van der Waals surface area (Å²) in [7, 11) is 0. The number of amides is 1. The van der Waals surface area contributed by atoms with E-state index in [1.807, 2.05) is 0 Å². The average Bonchev–Trinajstić information content (AvgIpc) is 2.27. The molecule has 0 spiro atoms. The fourth-order valence-corrected chi connectivity index (χ4v) is 2.55. The Bertz CT molecular complexity index is 442. The SMILES string of the molecule is O=C(O)N1CCSc2ccc(OC(F)F)cc21. The number of hydrogen-bond donors (Lipinski definition) is 1. The van der Waals surface area contributed by atoms with Gasteiger partial charge in [-0.2, -0.15) is 8.78 Å². The summed E-state index contributed by atoms with van der Waals surface area (Å²) >= 11 is 1.49. The van der Waals surface area contributed by atoms with Crippen molar-refractivity contribution < 1.29 is 23.4 Å². The zero-order valence-corrected chi connectivity index (χ0v) is 9.42. The lowest BCUT2D eigenvalue weighted by molar-refractivity contribution is -0.0498. The Kier molecular flexibility index (Phi) is 3.37. The van der Waals surface area contributed by atoms with Crippen LogP contribution in [0.3, 0.4) is 0 Å². The van der Waals surface area contributed by atoms with Gasteiger partial charge in [-0.3, -0.25) is 4.90 Å². The molecule has 0 radical (unpaired) electrons. The van der Waals surface area contributed by atoms with Gasteiger partial charge in [0.2, 0.25) is 0 Å². The summed E-state index contributed by atoms with van der Waals surface area (Å²) in [5.41, 5.74) is 0.395. The number of rotatable bonds is 2. The van der Waals surface area contributed by atoms with Gasteiger partial charge in [0.15, 0.2) is 0 Å². The number of thioether (sulfide) groups is 1. The molecule has 1 aliphatic rings. The Morgan fingerprint density at radius 3 is 2.94 bits per heavy atom. The van der Waals surface area contributed by atoms with Gasteiger partial charge in [0.25, 0.3) is 0 Å². The van der Waals surface area contributed by atoms with E-state index in [0.717, 1.165) is 9.80 Å². The summed E-state index contributed by atoms with van der Waals surface area (Å²) < 4.78 is 28.3. The van der Waals surface area contributed by atoms with Crippen LogP contribution in [0.4, 0.5) is 19.3 Å². The molecule has 1 aromatic carbocycles. The smallest absolute Gasteiger partial charge is 0.411 e. The Balaban J connectivity index is 2.33. The van der Waals surface area contributed by atoms with Gasteiger partial charge in [-0.25, -0.2) is 4.79 Å². The number of carboxylic acid groups (broad SMARTS) is 1. The van der Waals surface area contributed by atoms with E-state index in [4.69, 9.17) is 5.11 Å². The average molecular weight is 261 g/mol. The number of anilines is 1. The second-order valence-electron chi connectivity index (χ2n) is 3.29. The number of ether oxygens (including phenoxy) is 1. The first-order valence-electron chi connectivity index (χ1n) is 4.80. The number of hydrogen-bond acceptors (Lipinski definition) is 3. The number of benzene rings is 1. The number of alkyl halides is 2. The molecule has 0 aromatic heterocycles. The number of carbonyl (C=O) groups is 1. The second-order valence-corrected chi connectivity index (χ2v) is 4.43. The van der Waals surface area contributed by atoms with E-state index in [1.165, 1.54) is 23.9 Å². The van der Waals surface area contributed by atoms with Gasteiger partial charge in [0.1, 0.15) is 5.75 Å². The predicted molar refractivity (Wildman–Crippen MR) is 59.2 cm³/mol. The molecule has 1 N–H and O–H groups in total. The highest BCUT2D eigenvalue weighted by atomic mass is 32.2. The molecule has 0 saturated carbocycles. The summed E-state index contributed by atoms with van der Waals surface area (Å²) in [6, 6.07) is 4.32. The van der Waals surface area contributed by atoms with E-state index in [1.54, 1.807) is 6.07 Å². The molecule has 2 rings (SSSR count). The van der Waals surface area contributed by atoms with Gasteiger partial charge in [-0.1, -0.05) is 0 Å². The van der Waals surface area contributed by atoms with E-state index in [0.29, 0.717) is 18.0 Å². The highest BCUT2D eigenvalue weighted by Crippen LogP contribution is 2.37. The van der Waals surface area contributed by atoms with Crippen molar-refractivity contribution in [3.8, 4) is 5.75 Å². The maximum absolute atomic E-state index is 12.1. The summed E-state index contributed by atoms with van der Waals surface area (Å²) in [5.74, 6) is 0.612. The molecule has 0 fully saturated rings. The summed E-state index contributed by atoms with van der Waals surface area (Å²) in [5, 5.41) is 8.99. The number of nitrogens with zero attached hydrogens (tertiary/aromatic N) is 1. The molecule has 1 aromatic rings. The first-order chi connectivity index (χ1) is 8.08. The van der Waals surface area contributed by atoms with E-state index in [9.17, 15) is 13.6 Å².